The van der Waals surface area contributed by atoms with Gasteiger partial charge in [0.15, 0.2) is 0 Å². The zero-order chi connectivity index (χ0) is 9.68. The molecule has 4 heteroatoms. The van der Waals surface area contributed by atoms with Crippen molar-refractivity contribution in [2.24, 2.45) is 0 Å². The molecule has 1 aromatic rings. The first-order valence-electron chi connectivity index (χ1n) is 3.57. The zero-order valence-electron chi connectivity index (χ0n) is 6.73. The second kappa shape index (κ2) is 4.53. The van der Waals surface area contributed by atoms with Crippen LogP contribution in [0.5, 0.6) is 0 Å². The van der Waals surface area contributed by atoms with Crippen LogP contribution >= 0.6 is 11.8 Å². The highest BCUT2D eigenvalue weighted by molar-refractivity contribution is 7.99. The molecule has 1 aromatic carbocycles. The van der Waals surface area contributed by atoms with Gasteiger partial charge in [-0.15, -0.1) is 11.8 Å². The maximum atomic E-state index is 10.6. The monoisotopic (exact) mass is 193 g/mol. The van der Waals surface area contributed by atoms with Gasteiger partial charge < -0.3 is 5.11 Å². The van der Waals surface area contributed by atoms with Gasteiger partial charge in [-0.1, -0.05) is 6.07 Å². The number of carbonyl (C=O) groups is 1. The number of nitrogens with zero attached hydrogens (tertiary/aromatic N) is 1. The summed E-state index contributed by atoms with van der Waals surface area (Å²) in [5.41, 5.74) is 0.253. The number of carboxylic acids is 1. The largest absolute Gasteiger partial charge is 0.478 e. The van der Waals surface area contributed by atoms with Gasteiger partial charge >= 0.3 is 5.97 Å². The van der Waals surface area contributed by atoms with E-state index in [4.69, 9.17) is 10.4 Å². The first-order chi connectivity index (χ1) is 6.24. The maximum absolute atomic E-state index is 10.6. The fourth-order valence-corrected chi connectivity index (χ4v) is 1.45. The summed E-state index contributed by atoms with van der Waals surface area (Å²) in [6.07, 6.45) is 0. The smallest absolute Gasteiger partial charge is 0.335 e. The molecule has 0 atom stereocenters. The van der Waals surface area contributed by atoms with Crippen molar-refractivity contribution in [2.75, 3.05) is 5.75 Å². The van der Waals surface area contributed by atoms with Crippen LogP contribution in [0.25, 0.3) is 0 Å². The highest BCUT2D eigenvalue weighted by Crippen LogP contribution is 2.18. The first-order valence-corrected chi connectivity index (χ1v) is 4.55. The van der Waals surface area contributed by atoms with E-state index < -0.39 is 5.97 Å². The molecule has 0 aliphatic carbocycles. The number of benzene rings is 1. The van der Waals surface area contributed by atoms with Gasteiger partial charge in [0.05, 0.1) is 17.4 Å². The van der Waals surface area contributed by atoms with Crippen molar-refractivity contribution in [3.05, 3.63) is 29.8 Å². The van der Waals surface area contributed by atoms with Crippen LogP contribution < -0.4 is 0 Å². The van der Waals surface area contributed by atoms with Crippen LogP contribution in [0.4, 0.5) is 0 Å². The Balaban J connectivity index is 2.80. The van der Waals surface area contributed by atoms with E-state index in [1.165, 1.54) is 17.8 Å². The van der Waals surface area contributed by atoms with Crippen molar-refractivity contribution < 1.29 is 9.90 Å². The van der Waals surface area contributed by atoms with Crippen molar-refractivity contribution >= 4 is 17.7 Å². The van der Waals surface area contributed by atoms with Crippen LogP contribution in [0.2, 0.25) is 0 Å². The molecule has 0 fully saturated rings. The predicted octanol–water partition coefficient (Wildman–Crippen LogP) is 2.00. The molecule has 0 radical (unpaired) electrons. The van der Waals surface area contributed by atoms with Gasteiger partial charge in [0, 0.05) is 4.90 Å². The van der Waals surface area contributed by atoms with Gasteiger partial charge in [0.2, 0.25) is 0 Å². The number of nitriles is 1. The molecule has 0 heterocycles. The predicted molar refractivity (Wildman–Crippen MR) is 49.7 cm³/mol. The Bertz CT molecular complexity index is 357. The van der Waals surface area contributed by atoms with Crippen LogP contribution in [0.3, 0.4) is 0 Å². The molecule has 0 spiro atoms. The van der Waals surface area contributed by atoms with E-state index >= 15 is 0 Å². The zero-order valence-corrected chi connectivity index (χ0v) is 7.54. The van der Waals surface area contributed by atoms with Gasteiger partial charge in [0.1, 0.15) is 0 Å². The van der Waals surface area contributed by atoms with Crippen molar-refractivity contribution in [2.45, 2.75) is 4.90 Å². The third-order valence-electron chi connectivity index (χ3n) is 1.38. The van der Waals surface area contributed by atoms with E-state index in [0.717, 1.165) is 4.90 Å². The second-order valence-corrected chi connectivity index (χ2v) is 3.33. The molecule has 0 bridgehead atoms. The highest BCUT2D eigenvalue weighted by atomic mass is 32.2. The van der Waals surface area contributed by atoms with Crippen LogP contribution in [-0.4, -0.2) is 16.8 Å². The summed E-state index contributed by atoms with van der Waals surface area (Å²) in [7, 11) is 0. The van der Waals surface area contributed by atoms with Gasteiger partial charge in [-0.25, -0.2) is 4.79 Å². The molecule has 0 aliphatic heterocycles. The Morgan fingerprint density at radius 1 is 1.62 bits per heavy atom. The van der Waals surface area contributed by atoms with Crippen LogP contribution in [0, 0.1) is 11.3 Å². The first kappa shape index (κ1) is 9.62. The summed E-state index contributed by atoms with van der Waals surface area (Å²) in [6.45, 7) is 0. The minimum atomic E-state index is -0.945. The number of thioether (sulfide) groups is 1. The summed E-state index contributed by atoms with van der Waals surface area (Å²) in [4.78, 5) is 11.4. The Hall–Kier alpha value is -1.47. The molecule has 1 N–H and O–H groups in total. The summed E-state index contributed by atoms with van der Waals surface area (Å²) in [6, 6.07) is 8.52. The lowest BCUT2D eigenvalue weighted by Gasteiger charge is -1.98. The maximum Gasteiger partial charge on any atom is 0.335 e. The summed E-state index contributed by atoms with van der Waals surface area (Å²) in [5.74, 6) is -0.609. The number of carboxylic acid groups (broad SMARTS) is 1. The lowest BCUT2D eigenvalue weighted by atomic mass is 10.2. The van der Waals surface area contributed by atoms with Gasteiger partial charge in [-0.05, 0) is 18.2 Å². The van der Waals surface area contributed by atoms with E-state index in [9.17, 15) is 4.79 Å². The Morgan fingerprint density at radius 3 is 3.00 bits per heavy atom. The molecule has 0 amide bonds. The molecule has 0 saturated carbocycles. The second-order valence-electron chi connectivity index (χ2n) is 2.28. The Morgan fingerprint density at radius 2 is 2.38 bits per heavy atom. The average Bonchev–Trinajstić information content (AvgIpc) is 2.15. The Kier molecular flexibility index (Phi) is 3.35. The fraction of sp³-hybridized carbons (Fsp3) is 0.111. The quantitative estimate of drug-likeness (QED) is 0.746. The van der Waals surface area contributed by atoms with Gasteiger partial charge in [-0.2, -0.15) is 5.26 Å². The van der Waals surface area contributed by atoms with Crippen molar-refractivity contribution in [3.63, 3.8) is 0 Å². The van der Waals surface area contributed by atoms with E-state index in [1.54, 1.807) is 18.2 Å². The molecule has 0 aromatic heterocycles. The number of aromatic carboxylic acids is 1. The highest BCUT2D eigenvalue weighted by Gasteiger charge is 2.02. The Labute approximate surface area is 80.0 Å². The average molecular weight is 193 g/mol. The number of hydrogen-bond acceptors (Lipinski definition) is 3. The molecular formula is C9H7NO2S. The summed E-state index contributed by atoms with van der Waals surface area (Å²) >= 11 is 1.33. The van der Waals surface area contributed by atoms with Gasteiger partial charge in [0.25, 0.3) is 0 Å². The van der Waals surface area contributed by atoms with Crippen LogP contribution in [0.1, 0.15) is 10.4 Å². The molecule has 0 unspecified atom stereocenters. The molecule has 1 rings (SSSR count). The summed E-state index contributed by atoms with van der Waals surface area (Å²) < 4.78 is 0. The van der Waals surface area contributed by atoms with E-state index in [-0.39, 0.29) is 5.56 Å². The SMILES string of the molecule is N#CCSc1cccc(C(=O)O)c1. The van der Waals surface area contributed by atoms with E-state index in [1.807, 2.05) is 6.07 Å². The standard InChI is InChI=1S/C9H7NO2S/c10-4-5-13-8-3-1-2-7(6-8)9(11)12/h1-3,6H,5H2,(H,11,12). The lowest BCUT2D eigenvalue weighted by molar-refractivity contribution is 0.0696. The topological polar surface area (TPSA) is 61.1 Å². The van der Waals surface area contributed by atoms with Gasteiger partial charge in [-0.3, -0.25) is 0 Å². The third-order valence-corrected chi connectivity index (χ3v) is 2.25. The van der Waals surface area contributed by atoms with Crippen molar-refractivity contribution in [1.29, 1.82) is 5.26 Å². The van der Waals surface area contributed by atoms with Crippen LogP contribution in [0.15, 0.2) is 29.2 Å². The molecular weight excluding hydrogens is 186 g/mol. The fourth-order valence-electron chi connectivity index (χ4n) is 0.835. The third kappa shape index (κ3) is 2.80. The van der Waals surface area contributed by atoms with E-state index in [0.29, 0.717) is 5.75 Å². The lowest BCUT2D eigenvalue weighted by Crippen LogP contribution is -1.95. The normalized spacial score (nSPS) is 9.15. The van der Waals surface area contributed by atoms with E-state index in [2.05, 4.69) is 0 Å². The molecule has 0 saturated heterocycles. The molecule has 66 valence electrons. The minimum absolute atomic E-state index is 0.253. The molecule has 13 heavy (non-hydrogen) atoms. The van der Waals surface area contributed by atoms with Crippen molar-refractivity contribution in [1.82, 2.24) is 0 Å². The summed E-state index contributed by atoms with van der Waals surface area (Å²) in [5, 5.41) is 17.0. The van der Waals surface area contributed by atoms with Crippen LogP contribution in [-0.2, 0) is 0 Å². The minimum Gasteiger partial charge on any atom is -0.478 e. The number of rotatable bonds is 3. The number of hydrogen-bond donors (Lipinski definition) is 1. The van der Waals surface area contributed by atoms with Crippen molar-refractivity contribution in [3.8, 4) is 6.07 Å². The molecule has 3 nitrogen and oxygen atoms in total. The molecule has 0 aliphatic rings.